The Hall–Kier alpha value is 0.0500. The maximum Gasteiger partial charge on any atom is 0.469 e. The minimum Gasteiger partial charge on any atom is -0.324 e. The standard InChI is InChI=1S/C4H8F3O3P.C2H7O4P/c1-2-11(8,9)10-3-4(5,6)7;1-2-6-7(3,4)5/h2-3H2,1H3,(H,8,9);2H2,1H3,(H2,3,4,5). The highest BCUT2D eigenvalue weighted by atomic mass is 31.2. The third-order valence-corrected chi connectivity index (χ3v) is 3.05. The molecule has 7 nitrogen and oxygen atoms in total. The van der Waals surface area contributed by atoms with Gasteiger partial charge in [0.2, 0.25) is 0 Å². The third-order valence-electron chi connectivity index (χ3n) is 1.13. The summed E-state index contributed by atoms with van der Waals surface area (Å²) in [5.41, 5.74) is 0. The number of phosphoric acid groups is 1. The zero-order valence-electron chi connectivity index (χ0n) is 9.62. The molecular weight excluding hydrogens is 303 g/mol. The maximum atomic E-state index is 11.4. The lowest BCUT2D eigenvalue weighted by Gasteiger charge is -2.11. The minimum atomic E-state index is -4.55. The van der Waals surface area contributed by atoms with Gasteiger partial charge in [-0.15, -0.1) is 0 Å². The second kappa shape index (κ2) is 8.27. The molecule has 112 valence electrons. The highest BCUT2D eigenvalue weighted by Gasteiger charge is 2.31. The van der Waals surface area contributed by atoms with E-state index in [-0.39, 0.29) is 12.8 Å². The van der Waals surface area contributed by atoms with E-state index in [0.29, 0.717) is 0 Å². The van der Waals surface area contributed by atoms with E-state index in [4.69, 9.17) is 14.7 Å². The molecule has 0 heterocycles. The van der Waals surface area contributed by atoms with Crippen LogP contribution in [0.3, 0.4) is 0 Å². The van der Waals surface area contributed by atoms with Crippen LogP contribution in [0, 0.1) is 0 Å². The highest BCUT2D eigenvalue weighted by molar-refractivity contribution is 7.52. The van der Waals surface area contributed by atoms with Crippen LogP contribution in [0.2, 0.25) is 0 Å². The van der Waals surface area contributed by atoms with Gasteiger partial charge in [0.1, 0.15) is 0 Å². The Kier molecular flexibility index (Phi) is 9.35. The molecule has 0 aliphatic heterocycles. The molecule has 1 unspecified atom stereocenters. The number of rotatable bonds is 5. The summed E-state index contributed by atoms with van der Waals surface area (Å²) >= 11 is 0. The topological polar surface area (TPSA) is 113 Å². The molecule has 3 N–H and O–H groups in total. The first-order valence-electron chi connectivity index (χ1n) is 4.56. The predicted octanol–water partition coefficient (Wildman–Crippen LogP) is 1.89. The second-order valence-electron chi connectivity index (χ2n) is 2.75. The van der Waals surface area contributed by atoms with Crippen LogP contribution in [0.25, 0.3) is 0 Å². The fourth-order valence-corrected chi connectivity index (χ4v) is 1.30. The fraction of sp³-hybridized carbons (Fsp3) is 1.00. The summed E-state index contributed by atoms with van der Waals surface area (Å²) in [6, 6.07) is 0. The van der Waals surface area contributed by atoms with Gasteiger partial charge in [0.05, 0.1) is 6.61 Å². The Labute approximate surface area is 102 Å². The van der Waals surface area contributed by atoms with Gasteiger partial charge in [0, 0.05) is 6.16 Å². The molecule has 0 aliphatic rings. The van der Waals surface area contributed by atoms with Crippen molar-refractivity contribution in [2.75, 3.05) is 19.4 Å². The monoisotopic (exact) mass is 318 g/mol. The number of hydrogen-bond donors (Lipinski definition) is 3. The zero-order valence-corrected chi connectivity index (χ0v) is 11.4. The molecule has 12 heteroatoms. The SMILES string of the molecule is CCOP(=O)(O)O.CCP(=O)(O)OCC(F)(F)F. The Morgan fingerprint density at radius 1 is 1.06 bits per heavy atom. The third kappa shape index (κ3) is 18.4. The molecule has 0 saturated carbocycles. The largest absolute Gasteiger partial charge is 0.469 e. The molecule has 0 aromatic heterocycles. The normalized spacial score (nSPS) is 15.6. The van der Waals surface area contributed by atoms with Crippen molar-refractivity contribution in [2.45, 2.75) is 20.0 Å². The zero-order chi connectivity index (χ0) is 15.0. The van der Waals surface area contributed by atoms with Crippen molar-refractivity contribution >= 4 is 15.4 Å². The summed E-state index contributed by atoms with van der Waals surface area (Å²) < 4.78 is 61.9. The van der Waals surface area contributed by atoms with Crippen molar-refractivity contribution in [1.29, 1.82) is 0 Å². The molecule has 0 rings (SSSR count). The van der Waals surface area contributed by atoms with Crippen molar-refractivity contribution in [3.8, 4) is 0 Å². The molecule has 0 aliphatic carbocycles. The van der Waals surface area contributed by atoms with Gasteiger partial charge in [0.15, 0.2) is 6.61 Å². The molecular formula is C6H15F3O7P2. The van der Waals surface area contributed by atoms with Crippen molar-refractivity contribution < 1.29 is 46.0 Å². The molecule has 0 radical (unpaired) electrons. The van der Waals surface area contributed by atoms with E-state index in [1.807, 2.05) is 0 Å². The number of hydrogen-bond acceptors (Lipinski definition) is 4. The van der Waals surface area contributed by atoms with Crippen LogP contribution in [0.1, 0.15) is 13.8 Å². The summed E-state index contributed by atoms with van der Waals surface area (Å²) in [6.07, 6.45) is -4.86. The lowest BCUT2D eigenvalue weighted by atomic mass is 10.7. The number of alkyl halides is 3. The van der Waals surface area contributed by atoms with Crippen molar-refractivity contribution in [2.24, 2.45) is 0 Å². The van der Waals surface area contributed by atoms with E-state index in [1.165, 1.54) is 13.8 Å². The Morgan fingerprint density at radius 3 is 1.67 bits per heavy atom. The van der Waals surface area contributed by atoms with Crippen LogP contribution in [-0.4, -0.2) is 40.2 Å². The molecule has 0 aromatic carbocycles. The lowest BCUT2D eigenvalue weighted by Crippen LogP contribution is -2.16. The fourth-order valence-electron chi connectivity index (χ4n) is 0.434. The summed E-state index contributed by atoms with van der Waals surface area (Å²) in [5, 5.41) is 0. The molecule has 0 amide bonds. The average molecular weight is 318 g/mol. The first-order valence-corrected chi connectivity index (χ1v) is 7.85. The van der Waals surface area contributed by atoms with Gasteiger partial charge in [0.25, 0.3) is 0 Å². The molecule has 0 spiro atoms. The van der Waals surface area contributed by atoms with E-state index >= 15 is 0 Å². The lowest BCUT2D eigenvalue weighted by molar-refractivity contribution is -0.154. The molecule has 1 atom stereocenters. The van der Waals surface area contributed by atoms with Gasteiger partial charge in [-0.2, -0.15) is 13.2 Å². The second-order valence-corrected chi connectivity index (χ2v) is 6.16. The van der Waals surface area contributed by atoms with Gasteiger partial charge in [-0.3, -0.25) is 13.6 Å². The van der Waals surface area contributed by atoms with Crippen LogP contribution in [0.15, 0.2) is 0 Å². The van der Waals surface area contributed by atoms with Gasteiger partial charge < -0.3 is 14.7 Å². The van der Waals surface area contributed by atoms with Crippen LogP contribution >= 0.6 is 15.4 Å². The van der Waals surface area contributed by atoms with E-state index in [2.05, 4.69) is 9.05 Å². The van der Waals surface area contributed by atoms with Crippen molar-refractivity contribution in [3.63, 3.8) is 0 Å². The van der Waals surface area contributed by atoms with Crippen LogP contribution in [0.5, 0.6) is 0 Å². The van der Waals surface area contributed by atoms with Crippen LogP contribution < -0.4 is 0 Å². The van der Waals surface area contributed by atoms with Crippen molar-refractivity contribution in [3.05, 3.63) is 0 Å². The van der Waals surface area contributed by atoms with E-state index in [9.17, 15) is 22.3 Å². The number of halogens is 3. The van der Waals surface area contributed by atoms with Gasteiger partial charge >= 0.3 is 21.6 Å². The minimum absolute atomic E-state index is 0.0459. The van der Waals surface area contributed by atoms with E-state index < -0.39 is 28.2 Å². The van der Waals surface area contributed by atoms with Gasteiger partial charge in [-0.05, 0) is 6.92 Å². The number of phosphoric ester groups is 1. The van der Waals surface area contributed by atoms with E-state index in [1.54, 1.807) is 0 Å². The summed E-state index contributed by atoms with van der Waals surface area (Å²) in [5.74, 6) is 0. The van der Waals surface area contributed by atoms with Gasteiger partial charge in [-0.1, -0.05) is 6.92 Å². The average Bonchev–Trinajstić information content (AvgIpc) is 2.13. The molecule has 0 bridgehead atoms. The molecule has 18 heavy (non-hydrogen) atoms. The summed E-state index contributed by atoms with van der Waals surface area (Å²) in [4.78, 5) is 24.3. The first kappa shape index (κ1) is 20.4. The van der Waals surface area contributed by atoms with Crippen LogP contribution in [-0.2, 0) is 18.2 Å². The van der Waals surface area contributed by atoms with E-state index in [0.717, 1.165) is 0 Å². The predicted molar refractivity (Wildman–Crippen MR) is 56.0 cm³/mol. The molecule has 0 saturated heterocycles. The Bertz CT molecular complexity index is 313. The first-order chi connectivity index (χ1) is 7.83. The van der Waals surface area contributed by atoms with Crippen molar-refractivity contribution in [1.82, 2.24) is 0 Å². The van der Waals surface area contributed by atoms with Crippen LogP contribution in [0.4, 0.5) is 13.2 Å². The molecule has 0 fully saturated rings. The Morgan fingerprint density at radius 2 is 1.50 bits per heavy atom. The molecule has 0 aromatic rings. The maximum absolute atomic E-state index is 11.4. The highest BCUT2D eigenvalue weighted by Crippen LogP contribution is 2.42. The van der Waals surface area contributed by atoms with Gasteiger partial charge in [-0.25, -0.2) is 4.57 Å². The quantitative estimate of drug-likeness (QED) is 0.663. The smallest absolute Gasteiger partial charge is 0.324 e. The summed E-state index contributed by atoms with van der Waals surface area (Å²) in [7, 11) is -8.16. The Balaban J connectivity index is 0. The summed E-state index contributed by atoms with van der Waals surface area (Å²) in [6.45, 7) is 1.16.